The van der Waals surface area contributed by atoms with Crippen LogP contribution in [0, 0.1) is 0 Å². The van der Waals surface area contributed by atoms with Gasteiger partial charge in [0.05, 0.1) is 5.71 Å². The Balaban J connectivity index is 2.38. The van der Waals surface area contributed by atoms with E-state index < -0.39 is 0 Å². The molecule has 4 rings (SSSR count). The lowest BCUT2D eigenvalue weighted by Crippen LogP contribution is -2.23. The number of benzene rings is 2. The Morgan fingerprint density at radius 3 is 2.88 bits per heavy atom. The second-order valence-electron chi connectivity index (χ2n) is 4.14. The topological polar surface area (TPSA) is 12.4 Å². The highest BCUT2D eigenvalue weighted by molar-refractivity contribution is 6.40. The smallest absolute Gasteiger partial charge is 0.0715 e. The molecule has 0 bridgehead atoms. The first-order valence-corrected chi connectivity index (χ1v) is 5.42. The summed E-state index contributed by atoms with van der Waals surface area (Å²) in [5, 5.41) is 5.24. The predicted octanol–water partition coefficient (Wildman–Crippen LogP) is 1.75. The van der Waals surface area contributed by atoms with Crippen LogP contribution in [-0.2, 0) is 0 Å². The van der Waals surface area contributed by atoms with E-state index in [1.807, 2.05) is 6.20 Å². The largest absolute Gasteiger partial charge is 0.256 e. The third-order valence-electron chi connectivity index (χ3n) is 3.25. The molecule has 2 aromatic carbocycles. The fourth-order valence-corrected chi connectivity index (χ4v) is 2.53. The van der Waals surface area contributed by atoms with Crippen LogP contribution in [0.2, 0.25) is 0 Å². The molecule has 0 fully saturated rings. The van der Waals surface area contributed by atoms with Gasteiger partial charge < -0.3 is 0 Å². The Labute approximate surface area is 92.8 Å². The average molecular weight is 203 g/mol. The molecule has 0 spiro atoms. The maximum absolute atomic E-state index is 4.36. The van der Waals surface area contributed by atoms with Crippen LogP contribution in [0.15, 0.2) is 53.7 Å². The second-order valence-corrected chi connectivity index (χ2v) is 4.14. The van der Waals surface area contributed by atoms with Crippen molar-refractivity contribution in [1.82, 2.24) is 0 Å². The molecule has 0 radical (unpaired) electrons. The van der Waals surface area contributed by atoms with Gasteiger partial charge in [0.2, 0.25) is 0 Å². The molecule has 0 amide bonds. The molecule has 1 aliphatic carbocycles. The molecule has 74 valence electrons. The van der Waals surface area contributed by atoms with Crippen LogP contribution in [0.3, 0.4) is 0 Å². The van der Waals surface area contributed by atoms with Gasteiger partial charge in [-0.25, -0.2) is 0 Å². The molecule has 0 atom stereocenters. The monoisotopic (exact) mass is 203 g/mol. The summed E-state index contributed by atoms with van der Waals surface area (Å²) in [4.78, 5) is 4.36. The SMILES string of the molecule is C1=CC2=c3c(ccc4ccccc34)=CC2=N1. The second kappa shape index (κ2) is 2.70. The van der Waals surface area contributed by atoms with E-state index in [0.29, 0.717) is 0 Å². The molecule has 0 aromatic heterocycles. The molecule has 0 N–H and O–H groups in total. The van der Waals surface area contributed by atoms with Crippen LogP contribution in [0.4, 0.5) is 0 Å². The molecule has 0 unspecified atom stereocenters. The van der Waals surface area contributed by atoms with Crippen molar-refractivity contribution in [3.8, 4) is 0 Å². The van der Waals surface area contributed by atoms with Gasteiger partial charge in [-0.2, -0.15) is 0 Å². The van der Waals surface area contributed by atoms with Crippen LogP contribution in [0.5, 0.6) is 0 Å². The van der Waals surface area contributed by atoms with Crippen LogP contribution in [0.25, 0.3) is 22.4 Å². The normalized spacial score (nSPS) is 16.0. The minimum atomic E-state index is 1.10. The lowest BCUT2D eigenvalue weighted by Gasteiger charge is -1.98. The highest BCUT2D eigenvalue weighted by Gasteiger charge is 2.14. The maximum Gasteiger partial charge on any atom is 0.0715 e. The zero-order chi connectivity index (χ0) is 10.5. The fourth-order valence-electron chi connectivity index (χ4n) is 2.53. The van der Waals surface area contributed by atoms with E-state index in [1.165, 1.54) is 26.8 Å². The molecule has 0 saturated heterocycles. The summed E-state index contributed by atoms with van der Waals surface area (Å²) in [5.74, 6) is 0. The third kappa shape index (κ3) is 0.878. The Kier molecular flexibility index (Phi) is 1.36. The van der Waals surface area contributed by atoms with E-state index in [-0.39, 0.29) is 0 Å². The quantitative estimate of drug-likeness (QED) is 0.618. The number of allylic oxidation sites excluding steroid dienone is 1. The number of nitrogens with zero attached hydrogens (tertiary/aromatic N) is 1. The number of aliphatic imine (C=N–C) groups is 1. The van der Waals surface area contributed by atoms with E-state index in [1.54, 1.807) is 0 Å². The van der Waals surface area contributed by atoms with Gasteiger partial charge in [0.25, 0.3) is 0 Å². The van der Waals surface area contributed by atoms with Gasteiger partial charge in [0, 0.05) is 11.8 Å². The molecule has 2 aliphatic rings. The van der Waals surface area contributed by atoms with Crippen molar-refractivity contribution in [2.45, 2.75) is 0 Å². The van der Waals surface area contributed by atoms with Crippen molar-refractivity contribution >= 4 is 28.1 Å². The lowest BCUT2D eigenvalue weighted by atomic mass is 10.1. The summed E-state index contributed by atoms with van der Waals surface area (Å²) in [5.41, 5.74) is 2.37. The van der Waals surface area contributed by atoms with E-state index in [0.717, 1.165) is 5.71 Å². The molecular formula is C15H9N. The molecule has 1 nitrogen and oxygen atoms in total. The Morgan fingerprint density at radius 1 is 0.938 bits per heavy atom. The van der Waals surface area contributed by atoms with Gasteiger partial charge in [0.15, 0.2) is 0 Å². The molecule has 2 aromatic rings. The highest BCUT2D eigenvalue weighted by Crippen LogP contribution is 2.16. The molecule has 0 saturated carbocycles. The standard InChI is InChI=1S/C15H9N/c1-2-4-12-10(3-1)5-6-11-9-14-13(15(11)12)7-8-16-14/h1-9H. The molecular weight excluding hydrogens is 194 g/mol. The van der Waals surface area contributed by atoms with Gasteiger partial charge in [-0.3, -0.25) is 4.99 Å². The van der Waals surface area contributed by atoms with Gasteiger partial charge in [-0.05, 0) is 33.4 Å². The van der Waals surface area contributed by atoms with Gasteiger partial charge in [-0.1, -0.05) is 36.4 Å². The Hall–Kier alpha value is -2.15. The van der Waals surface area contributed by atoms with Crippen molar-refractivity contribution < 1.29 is 0 Å². The van der Waals surface area contributed by atoms with E-state index >= 15 is 0 Å². The van der Waals surface area contributed by atoms with Gasteiger partial charge in [-0.15, -0.1) is 0 Å². The summed E-state index contributed by atoms with van der Waals surface area (Å²) in [6.45, 7) is 0. The fraction of sp³-hybridized carbons (Fsp3) is 0. The summed E-state index contributed by atoms with van der Waals surface area (Å²) in [7, 11) is 0. The Morgan fingerprint density at radius 2 is 1.88 bits per heavy atom. The van der Waals surface area contributed by atoms with E-state index in [9.17, 15) is 0 Å². The van der Waals surface area contributed by atoms with Crippen LogP contribution in [-0.4, -0.2) is 5.71 Å². The van der Waals surface area contributed by atoms with E-state index in [2.05, 4.69) is 53.5 Å². The zero-order valence-corrected chi connectivity index (χ0v) is 8.64. The summed E-state index contributed by atoms with van der Waals surface area (Å²) >= 11 is 0. The van der Waals surface area contributed by atoms with Crippen molar-refractivity contribution in [3.63, 3.8) is 0 Å². The summed E-state index contributed by atoms with van der Waals surface area (Å²) in [6.07, 6.45) is 6.15. The number of fused-ring (bicyclic) bond motifs is 4. The van der Waals surface area contributed by atoms with Crippen molar-refractivity contribution in [2.75, 3.05) is 0 Å². The minimum absolute atomic E-state index is 1.10. The zero-order valence-electron chi connectivity index (χ0n) is 8.64. The highest BCUT2D eigenvalue weighted by atomic mass is 14.7. The van der Waals surface area contributed by atoms with Gasteiger partial charge in [0.1, 0.15) is 0 Å². The maximum atomic E-state index is 4.36. The molecule has 1 heterocycles. The summed E-state index contributed by atoms with van der Waals surface area (Å²) in [6, 6.07) is 12.9. The first-order valence-electron chi connectivity index (χ1n) is 5.42. The van der Waals surface area contributed by atoms with Crippen LogP contribution >= 0.6 is 0 Å². The predicted molar refractivity (Wildman–Crippen MR) is 67.6 cm³/mol. The first-order chi connectivity index (χ1) is 7.93. The average Bonchev–Trinajstić information content (AvgIpc) is 2.88. The lowest BCUT2D eigenvalue weighted by molar-refractivity contribution is 1.59. The minimum Gasteiger partial charge on any atom is -0.256 e. The van der Waals surface area contributed by atoms with Crippen molar-refractivity contribution in [1.29, 1.82) is 0 Å². The number of hydrogen-bond donors (Lipinski definition) is 0. The van der Waals surface area contributed by atoms with Crippen molar-refractivity contribution in [2.24, 2.45) is 4.99 Å². The molecule has 16 heavy (non-hydrogen) atoms. The molecule has 1 aliphatic heterocycles. The summed E-state index contributed by atoms with van der Waals surface area (Å²) < 4.78 is 0. The van der Waals surface area contributed by atoms with Crippen molar-refractivity contribution in [3.05, 3.63) is 59.1 Å². The number of rotatable bonds is 0. The third-order valence-corrected chi connectivity index (χ3v) is 3.25. The van der Waals surface area contributed by atoms with Gasteiger partial charge >= 0.3 is 0 Å². The van der Waals surface area contributed by atoms with Crippen LogP contribution < -0.4 is 10.4 Å². The number of hydrogen-bond acceptors (Lipinski definition) is 1. The first kappa shape index (κ1) is 8.05. The molecule has 1 heteroatoms. The van der Waals surface area contributed by atoms with E-state index in [4.69, 9.17) is 0 Å². The Bertz CT molecular complexity index is 792. The van der Waals surface area contributed by atoms with Crippen LogP contribution in [0.1, 0.15) is 0 Å².